The molecule has 4 rings (SSSR count). The Morgan fingerprint density at radius 2 is 1.43 bits per heavy atom. The molecule has 0 atom stereocenters. The molecular weight excluding hydrogens is 513 g/mol. The molecule has 9 heteroatoms. The Bertz CT molecular complexity index is 1470. The van der Waals surface area contributed by atoms with Gasteiger partial charge in [-0.3, -0.25) is 9.59 Å². The molecule has 0 unspecified atom stereocenters. The first-order chi connectivity index (χ1) is 17.9. The molecule has 0 heterocycles. The van der Waals surface area contributed by atoms with Crippen LogP contribution in [-0.4, -0.2) is 24.0 Å². The molecular formula is C28H19Cl2N3O4. The van der Waals surface area contributed by atoms with Gasteiger partial charge in [-0.1, -0.05) is 53.5 Å². The summed E-state index contributed by atoms with van der Waals surface area (Å²) in [7, 11) is 0. The van der Waals surface area contributed by atoms with E-state index in [9.17, 15) is 14.4 Å². The summed E-state index contributed by atoms with van der Waals surface area (Å²) in [5.41, 5.74) is 4.38. The Labute approximate surface area is 222 Å². The molecule has 0 radical (unpaired) electrons. The highest BCUT2D eigenvalue weighted by Gasteiger charge is 2.14. The topological polar surface area (TPSA) is 96.9 Å². The van der Waals surface area contributed by atoms with Crippen molar-refractivity contribution >= 4 is 52.9 Å². The van der Waals surface area contributed by atoms with Crippen LogP contribution in [0.5, 0.6) is 5.75 Å². The number of nitrogens with one attached hydrogen (secondary N) is 2. The standard InChI is InChI=1S/C28H19Cl2N3O4/c29-21-12-15-25(37-28(36)23-8-4-5-9-24(23)30)20(16-21)17-31-33-27(35)19-10-13-22(14-11-19)32-26(34)18-6-2-1-3-7-18/h1-17H,(H,32,34)(H,33,35)/b31-17+. The lowest BCUT2D eigenvalue weighted by molar-refractivity contribution is 0.0734. The maximum Gasteiger partial charge on any atom is 0.345 e. The van der Waals surface area contributed by atoms with E-state index in [1.165, 1.54) is 18.3 Å². The summed E-state index contributed by atoms with van der Waals surface area (Å²) in [5, 5.41) is 7.37. The van der Waals surface area contributed by atoms with Crippen LogP contribution in [0.2, 0.25) is 10.0 Å². The Balaban J connectivity index is 1.39. The molecule has 4 aromatic carbocycles. The monoisotopic (exact) mass is 531 g/mol. The van der Waals surface area contributed by atoms with E-state index in [0.717, 1.165) is 0 Å². The summed E-state index contributed by atoms with van der Waals surface area (Å²) < 4.78 is 5.47. The molecule has 0 spiro atoms. The van der Waals surface area contributed by atoms with E-state index in [1.54, 1.807) is 78.9 Å². The van der Waals surface area contributed by atoms with Crippen molar-refractivity contribution in [1.82, 2.24) is 5.43 Å². The summed E-state index contributed by atoms with van der Waals surface area (Å²) in [6.45, 7) is 0. The van der Waals surface area contributed by atoms with Crippen molar-refractivity contribution in [2.45, 2.75) is 0 Å². The number of benzene rings is 4. The molecule has 4 aromatic rings. The summed E-state index contributed by atoms with van der Waals surface area (Å²) in [5.74, 6) is -1.19. The second-order valence-corrected chi connectivity index (χ2v) is 8.49. The van der Waals surface area contributed by atoms with Crippen LogP contribution in [0.15, 0.2) is 102 Å². The minimum atomic E-state index is -0.647. The number of carbonyl (C=O) groups excluding carboxylic acids is 3. The van der Waals surface area contributed by atoms with Crippen LogP contribution in [0.1, 0.15) is 36.6 Å². The van der Waals surface area contributed by atoms with Crippen molar-refractivity contribution < 1.29 is 19.1 Å². The van der Waals surface area contributed by atoms with E-state index in [1.807, 2.05) is 6.07 Å². The molecule has 0 aliphatic carbocycles. The lowest BCUT2D eigenvalue weighted by Crippen LogP contribution is -2.18. The SMILES string of the molecule is O=C(N/N=C/c1cc(Cl)ccc1OC(=O)c1ccccc1Cl)c1ccc(NC(=O)c2ccccc2)cc1. The Hall–Kier alpha value is -4.46. The third kappa shape index (κ3) is 6.82. The van der Waals surface area contributed by atoms with Crippen LogP contribution in [0.25, 0.3) is 0 Å². The smallest absolute Gasteiger partial charge is 0.345 e. The predicted molar refractivity (Wildman–Crippen MR) is 144 cm³/mol. The lowest BCUT2D eigenvalue weighted by atomic mass is 10.1. The quantitative estimate of drug-likeness (QED) is 0.128. The van der Waals surface area contributed by atoms with Gasteiger partial charge in [0.1, 0.15) is 5.75 Å². The van der Waals surface area contributed by atoms with Crippen LogP contribution in [0.4, 0.5) is 5.69 Å². The zero-order chi connectivity index (χ0) is 26.2. The number of anilines is 1. The molecule has 0 aliphatic rings. The van der Waals surface area contributed by atoms with Crippen molar-refractivity contribution in [2.24, 2.45) is 5.10 Å². The largest absolute Gasteiger partial charge is 0.422 e. The van der Waals surface area contributed by atoms with Crippen LogP contribution in [-0.2, 0) is 0 Å². The molecule has 37 heavy (non-hydrogen) atoms. The zero-order valence-corrected chi connectivity index (χ0v) is 20.7. The highest BCUT2D eigenvalue weighted by Crippen LogP contribution is 2.24. The molecule has 184 valence electrons. The molecule has 0 aliphatic heterocycles. The average molecular weight is 532 g/mol. The van der Waals surface area contributed by atoms with Gasteiger partial charge >= 0.3 is 5.97 Å². The van der Waals surface area contributed by atoms with Gasteiger partial charge in [-0.25, -0.2) is 10.2 Å². The molecule has 2 N–H and O–H groups in total. The van der Waals surface area contributed by atoms with Crippen molar-refractivity contribution in [3.05, 3.63) is 129 Å². The maximum atomic E-state index is 12.5. The fourth-order valence-electron chi connectivity index (χ4n) is 3.22. The van der Waals surface area contributed by atoms with Crippen molar-refractivity contribution in [2.75, 3.05) is 5.32 Å². The first-order valence-corrected chi connectivity index (χ1v) is 11.7. The van der Waals surface area contributed by atoms with E-state index in [4.69, 9.17) is 27.9 Å². The average Bonchev–Trinajstić information content (AvgIpc) is 2.91. The second-order valence-electron chi connectivity index (χ2n) is 7.65. The van der Waals surface area contributed by atoms with Gasteiger partial charge in [-0.05, 0) is 66.7 Å². The number of nitrogens with zero attached hydrogens (tertiary/aromatic N) is 1. The number of carbonyl (C=O) groups is 3. The molecule has 0 bridgehead atoms. The van der Waals surface area contributed by atoms with Crippen molar-refractivity contribution in [1.29, 1.82) is 0 Å². The zero-order valence-electron chi connectivity index (χ0n) is 19.2. The third-order valence-electron chi connectivity index (χ3n) is 5.08. The van der Waals surface area contributed by atoms with Gasteiger partial charge < -0.3 is 10.1 Å². The van der Waals surface area contributed by atoms with E-state index in [2.05, 4.69) is 15.8 Å². The van der Waals surface area contributed by atoms with Gasteiger partial charge in [0.2, 0.25) is 0 Å². The highest BCUT2D eigenvalue weighted by atomic mass is 35.5. The molecule has 0 saturated heterocycles. The van der Waals surface area contributed by atoms with E-state index >= 15 is 0 Å². The number of esters is 1. The van der Waals surface area contributed by atoms with E-state index in [0.29, 0.717) is 27.4 Å². The molecule has 7 nitrogen and oxygen atoms in total. The minimum absolute atomic E-state index is 0.186. The number of hydrogen-bond donors (Lipinski definition) is 2. The van der Waals surface area contributed by atoms with Crippen LogP contribution < -0.4 is 15.5 Å². The van der Waals surface area contributed by atoms with Crippen molar-refractivity contribution in [3.8, 4) is 5.75 Å². The number of amides is 2. The third-order valence-corrected chi connectivity index (χ3v) is 5.64. The predicted octanol–water partition coefficient (Wildman–Crippen LogP) is 6.23. The van der Waals surface area contributed by atoms with Crippen molar-refractivity contribution in [3.63, 3.8) is 0 Å². The van der Waals surface area contributed by atoms with Gasteiger partial charge in [-0.15, -0.1) is 0 Å². The summed E-state index contributed by atoms with van der Waals surface area (Å²) in [4.78, 5) is 37.3. The fraction of sp³-hybridized carbons (Fsp3) is 0. The molecule has 2 amide bonds. The number of ether oxygens (including phenoxy) is 1. The fourth-order valence-corrected chi connectivity index (χ4v) is 3.61. The van der Waals surface area contributed by atoms with Gasteiger partial charge in [0.25, 0.3) is 11.8 Å². The minimum Gasteiger partial charge on any atom is -0.422 e. The van der Waals surface area contributed by atoms with Crippen LogP contribution in [0, 0.1) is 0 Å². The number of hydrogen-bond acceptors (Lipinski definition) is 5. The second kappa shape index (κ2) is 12.0. The molecule has 0 saturated carbocycles. The molecule has 0 fully saturated rings. The summed E-state index contributed by atoms with van der Waals surface area (Å²) >= 11 is 12.2. The number of halogens is 2. The van der Waals surface area contributed by atoms with E-state index in [-0.39, 0.29) is 22.2 Å². The first-order valence-electron chi connectivity index (χ1n) is 11.0. The number of rotatable bonds is 7. The lowest BCUT2D eigenvalue weighted by Gasteiger charge is -2.09. The Morgan fingerprint density at radius 3 is 2.16 bits per heavy atom. The van der Waals surface area contributed by atoms with E-state index < -0.39 is 11.9 Å². The summed E-state index contributed by atoms with van der Waals surface area (Å²) in [6.07, 6.45) is 1.31. The Morgan fingerprint density at radius 1 is 0.757 bits per heavy atom. The summed E-state index contributed by atoms with van der Waals surface area (Å²) in [6, 6.07) is 26.3. The van der Waals surface area contributed by atoms with Gasteiger partial charge in [0.05, 0.1) is 16.8 Å². The molecule has 0 aromatic heterocycles. The van der Waals surface area contributed by atoms with Crippen LogP contribution in [0.3, 0.4) is 0 Å². The van der Waals surface area contributed by atoms with Gasteiger partial charge in [0, 0.05) is 27.4 Å². The Kier molecular flexibility index (Phi) is 8.30. The number of hydrazone groups is 1. The normalized spacial score (nSPS) is 10.6. The van der Waals surface area contributed by atoms with Crippen LogP contribution >= 0.6 is 23.2 Å². The maximum absolute atomic E-state index is 12.5. The van der Waals surface area contributed by atoms with Gasteiger partial charge in [-0.2, -0.15) is 5.10 Å². The first kappa shape index (κ1) is 25.6. The highest BCUT2D eigenvalue weighted by molar-refractivity contribution is 6.33. The van der Waals surface area contributed by atoms with Gasteiger partial charge in [0.15, 0.2) is 0 Å².